The van der Waals surface area contributed by atoms with E-state index in [9.17, 15) is 35.9 Å². The van der Waals surface area contributed by atoms with Crippen molar-refractivity contribution < 1.29 is 45.4 Å². The van der Waals surface area contributed by atoms with Crippen LogP contribution >= 0.6 is 0 Å². The van der Waals surface area contributed by atoms with E-state index in [1.807, 2.05) is 0 Å². The molecule has 7 nitrogen and oxygen atoms in total. The van der Waals surface area contributed by atoms with Crippen molar-refractivity contribution >= 4 is 17.5 Å². The van der Waals surface area contributed by atoms with Gasteiger partial charge in [0, 0.05) is 29.3 Å². The average Bonchev–Trinajstić information content (AvgIpc) is 3.05. The number of benzene rings is 1. The first-order valence-corrected chi connectivity index (χ1v) is 10.2. The molecule has 1 fully saturated rings. The maximum absolute atomic E-state index is 14.1. The number of ether oxygens (including phenoxy) is 2. The highest BCUT2D eigenvalue weighted by molar-refractivity contribution is 5.97. The van der Waals surface area contributed by atoms with Crippen molar-refractivity contribution in [2.24, 2.45) is 11.7 Å². The predicted octanol–water partition coefficient (Wildman–Crippen LogP) is 4.34. The second kappa shape index (κ2) is 9.36. The fraction of sp³-hybridized carbons (Fsp3) is 0.409. The Labute approximate surface area is 195 Å². The Morgan fingerprint density at radius 2 is 1.91 bits per heavy atom. The number of nitrogens with two attached hydrogens (primary N) is 1. The number of anilines is 1. The van der Waals surface area contributed by atoms with Gasteiger partial charge in [-0.15, -0.1) is 0 Å². The number of methoxy groups -OCH3 is 1. The standard InChI is InChI=1S/C22H21F6N3O4/c1-9-14(11-4-5-12(23)15(18(24)25)16(11)34-3)17(35-21(9,2)22(26,27)28)20(33)31-10-6-7-30-13(8-10)19(29)32/h4-9,14,17-18H,1-3H3,(H2,29,32)(H,30,31,33)/t9-,14+,17+,21+/m0/s1. The van der Waals surface area contributed by atoms with Crippen molar-refractivity contribution in [3.63, 3.8) is 0 Å². The first-order valence-electron chi connectivity index (χ1n) is 10.2. The van der Waals surface area contributed by atoms with Crippen molar-refractivity contribution in [3.8, 4) is 5.75 Å². The molecule has 1 aliphatic heterocycles. The molecular weight excluding hydrogens is 484 g/mol. The van der Waals surface area contributed by atoms with Crippen LogP contribution in [0.2, 0.25) is 0 Å². The highest BCUT2D eigenvalue weighted by Gasteiger charge is 2.66. The number of halogens is 6. The molecule has 0 unspecified atom stereocenters. The van der Waals surface area contributed by atoms with Gasteiger partial charge in [-0.1, -0.05) is 13.0 Å². The van der Waals surface area contributed by atoms with Gasteiger partial charge in [0.1, 0.15) is 23.4 Å². The molecule has 1 aromatic heterocycles. The smallest absolute Gasteiger partial charge is 0.417 e. The van der Waals surface area contributed by atoms with E-state index in [0.717, 1.165) is 39.3 Å². The molecule has 1 saturated heterocycles. The summed E-state index contributed by atoms with van der Waals surface area (Å²) < 4.78 is 93.6. The van der Waals surface area contributed by atoms with Crippen LogP contribution in [-0.2, 0) is 9.53 Å². The zero-order chi connectivity index (χ0) is 26.3. The SMILES string of the molecule is COc1c([C@@H]2[C@H](C(=O)Nc3ccnc(C(N)=O)c3)O[C@@](C)(C(F)(F)F)[C@H]2C)ccc(F)c1C(F)F. The zero-order valence-electron chi connectivity index (χ0n) is 18.6. The molecule has 0 radical (unpaired) electrons. The third kappa shape index (κ3) is 4.64. The monoisotopic (exact) mass is 505 g/mol. The molecule has 0 saturated carbocycles. The van der Waals surface area contributed by atoms with Crippen LogP contribution in [-0.4, -0.2) is 41.8 Å². The number of pyridine rings is 1. The number of primary amides is 1. The number of carbonyl (C=O) groups is 2. The van der Waals surface area contributed by atoms with Crippen LogP contribution in [0.25, 0.3) is 0 Å². The van der Waals surface area contributed by atoms with Crippen LogP contribution in [0.4, 0.5) is 32.0 Å². The molecule has 13 heteroatoms. The topological polar surface area (TPSA) is 104 Å². The minimum atomic E-state index is -4.95. The van der Waals surface area contributed by atoms with Gasteiger partial charge in [-0.2, -0.15) is 13.2 Å². The molecule has 2 amide bonds. The lowest BCUT2D eigenvalue weighted by Crippen LogP contribution is -2.47. The minimum absolute atomic E-state index is 0.0197. The second-order valence-electron chi connectivity index (χ2n) is 8.13. The van der Waals surface area contributed by atoms with E-state index in [1.54, 1.807) is 0 Å². The lowest BCUT2D eigenvalue weighted by atomic mass is 9.76. The third-order valence-electron chi connectivity index (χ3n) is 6.16. The molecule has 4 atom stereocenters. The van der Waals surface area contributed by atoms with Gasteiger partial charge in [0.2, 0.25) is 0 Å². The van der Waals surface area contributed by atoms with Gasteiger partial charge >= 0.3 is 6.18 Å². The van der Waals surface area contributed by atoms with E-state index >= 15 is 0 Å². The fourth-order valence-electron chi connectivity index (χ4n) is 4.17. The summed E-state index contributed by atoms with van der Waals surface area (Å²) in [5, 5.41) is 2.33. The van der Waals surface area contributed by atoms with Crippen LogP contribution < -0.4 is 15.8 Å². The summed E-state index contributed by atoms with van der Waals surface area (Å²) in [5.41, 5.74) is 0.654. The summed E-state index contributed by atoms with van der Waals surface area (Å²) in [7, 11) is 0.963. The molecule has 3 N–H and O–H groups in total. The van der Waals surface area contributed by atoms with Crippen molar-refractivity contribution in [2.75, 3.05) is 12.4 Å². The number of rotatable bonds is 6. The Balaban J connectivity index is 2.12. The molecule has 2 heterocycles. The lowest BCUT2D eigenvalue weighted by Gasteiger charge is -2.32. The molecule has 1 aromatic carbocycles. The number of amides is 2. The Morgan fingerprint density at radius 3 is 2.46 bits per heavy atom. The van der Waals surface area contributed by atoms with Crippen LogP contribution in [0, 0.1) is 11.7 Å². The molecule has 3 rings (SSSR count). The quantitative estimate of drug-likeness (QED) is 0.569. The average molecular weight is 505 g/mol. The Bertz CT molecular complexity index is 1140. The third-order valence-corrected chi connectivity index (χ3v) is 6.16. The Kier molecular flexibility index (Phi) is 7.02. The highest BCUT2D eigenvalue weighted by atomic mass is 19.4. The first kappa shape index (κ1) is 26.3. The number of hydrogen-bond acceptors (Lipinski definition) is 5. The number of hydrogen-bond donors (Lipinski definition) is 2. The molecule has 190 valence electrons. The van der Waals surface area contributed by atoms with Gasteiger partial charge in [0.05, 0.1) is 12.7 Å². The summed E-state index contributed by atoms with van der Waals surface area (Å²) >= 11 is 0. The summed E-state index contributed by atoms with van der Waals surface area (Å²) in [4.78, 5) is 28.2. The van der Waals surface area contributed by atoms with E-state index in [-0.39, 0.29) is 16.9 Å². The second-order valence-corrected chi connectivity index (χ2v) is 8.13. The van der Waals surface area contributed by atoms with Crippen molar-refractivity contribution in [3.05, 3.63) is 53.1 Å². The highest BCUT2D eigenvalue weighted by Crippen LogP contribution is 2.55. The Morgan fingerprint density at radius 1 is 1.26 bits per heavy atom. The van der Waals surface area contributed by atoms with Crippen LogP contribution in [0.5, 0.6) is 5.75 Å². The van der Waals surface area contributed by atoms with Crippen LogP contribution in [0.1, 0.15) is 47.8 Å². The van der Waals surface area contributed by atoms with Crippen molar-refractivity contribution in [2.45, 2.75) is 44.1 Å². The van der Waals surface area contributed by atoms with Crippen LogP contribution in [0.15, 0.2) is 30.5 Å². The van der Waals surface area contributed by atoms with Gasteiger partial charge in [-0.3, -0.25) is 14.6 Å². The Hall–Kier alpha value is -3.35. The number of carbonyl (C=O) groups excluding carboxylic acids is 2. The van der Waals surface area contributed by atoms with Gasteiger partial charge in [-0.05, 0) is 25.1 Å². The van der Waals surface area contributed by atoms with E-state index in [2.05, 4.69) is 10.3 Å². The molecule has 0 spiro atoms. The maximum atomic E-state index is 14.1. The summed E-state index contributed by atoms with van der Waals surface area (Å²) in [6.45, 7) is 1.88. The van der Waals surface area contributed by atoms with E-state index in [0.29, 0.717) is 6.07 Å². The van der Waals surface area contributed by atoms with E-state index < -0.39 is 65.1 Å². The molecular formula is C22H21F6N3O4. The van der Waals surface area contributed by atoms with Gasteiger partial charge in [0.25, 0.3) is 18.2 Å². The number of aromatic nitrogens is 1. The van der Waals surface area contributed by atoms with Gasteiger partial charge in [-0.25, -0.2) is 13.2 Å². The summed E-state index contributed by atoms with van der Waals surface area (Å²) in [6, 6.07) is 4.02. The lowest BCUT2D eigenvalue weighted by molar-refractivity contribution is -0.272. The van der Waals surface area contributed by atoms with Crippen molar-refractivity contribution in [1.82, 2.24) is 4.98 Å². The zero-order valence-corrected chi connectivity index (χ0v) is 18.6. The van der Waals surface area contributed by atoms with E-state index in [4.69, 9.17) is 15.2 Å². The summed E-state index contributed by atoms with van der Waals surface area (Å²) in [6.07, 6.45) is -9.00. The molecule has 2 aromatic rings. The molecule has 35 heavy (non-hydrogen) atoms. The first-order chi connectivity index (χ1) is 16.2. The predicted molar refractivity (Wildman–Crippen MR) is 111 cm³/mol. The summed E-state index contributed by atoms with van der Waals surface area (Å²) in [5.74, 6) is -6.92. The van der Waals surface area contributed by atoms with Gasteiger partial charge < -0.3 is 20.5 Å². The minimum Gasteiger partial charge on any atom is -0.496 e. The molecule has 1 aliphatic rings. The van der Waals surface area contributed by atoms with Gasteiger partial charge in [0.15, 0.2) is 5.60 Å². The maximum Gasteiger partial charge on any atom is 0.417 e. The number of nitrogens with zero attached hydrogens (tertiary/aromatic N) is 1. The van der Waals surface area contributed by atoms with Crippen LogP contribution in [0.3, 0.4) is 0 Å². The normalized spacial score (nSPS) is 24.5. The molecule has 0 aliphatic carbocycles. The molecule has 0 bridgehead atoms. The fourth-order valence-corrected chi connectivity index (χ4v) is 4.17. The number of alkyl halides is 5. The van der Waals surface area contributed by atoms with Crippen molar-refractivity contribution in [1.29, 1.82) is 0 Å². The number of nitrogens with one attached hydrogen (secondary N) is 1. The largest absolute Gasteiger partial charge is 0.496 e. The van der Waals surface area contributed by atoms with E-state index in [1.165, 1.54) is 6.07 Å².